The van der Waals surface area contributed by atoms with Gasteiger partial charge in [-0.1, -0.05) is 0 Å². The van der Waals surface area contributed by atoms with Gasteiger partial charge in [0.15, 0.2) is 0 Å². The normalized spacial score (nSPS) is 19.4. The zero-order valence-corrected chi connectivity index (χ0v) is 20.6. The molecule has 0 radical (unpaired) electrons. The van der Waals surface area contributed by atoms with E-state index in [1.54, 1.807) is 0 Å². The molecule has 27 heavy (non-hydrogen) atoms. The predicted octanol–water partition coefficient (Wildman–Crippen LogP) is 1.93. The first-order valence-corrected chi connectivity index (χ1v) is 12.8. The van der Waals surface area contributed by atoms with E-state index >= 15 is 0 Å². The molecule has 0 spiro atoms. The summed E-state index contributed by atoms with van der Waals surface area (Å²) >= 11 is 0.629. The topological polar surface area (TPSA) is 60.9 Å². The van der Waals surface area contributed by atoms with Gasteiger partial charge in [0.25, 0.3) is 0 Å². The van der Waals surface area contributed by atoms with Crippen LogP contribution in [-0.4, -0.2) is 71.0 Å². The molecular formula is C20H25N2O3STl. The van der Waals surface area contributed by atoms with Crippen molar-refractivity contribution < 1.29 is 13.5 Å². The SMILES string of the molecule is O=S(=O)(C[C@@H](O)[C@@H]1CCC[N]1[Tl])N(Cc1ccccc1)Cc1ccccc1. The Hall–Kier alpha value is -0.808. The third-order valence-corrected chi connectivity index (χ3v) is 9.26. The van der Waals surface area contributed by atoms with Crippen molar-refractivity contribution in [2.45, 2.75) is 38.1 Å². The fraction of sp³-hybridized carbons (Fsp3) is 0.400. The Balaban J connectivity index is 1.79. The monoisotopic (exact) mass is 578 g/mol. The maximum atomic E-state index is 13.2. The van der Waals surface area contributed by atoms with E-state index in [1.165, 1.54) is 4.31 Å². The summed E-state index contributed by atoms with van der Waals surface area (Å²) in [4.78, 5) is 0. The van der Waals surface area contributed by atoms with Gasteiger partial charge in [-0.3, -0.25) is 0 Å². The predicted molar refractivity (Wildman–Crippen MR) is 107 cm³/mol. The van der Waals surface area contributed by atoms with Crippen LogP contribution in [0.5, 0.6) is 0 Å². The molecule has 1 heterocycles. The Morgan fingerprint density at radius 3 is 2.00 bits per heavy atom. The van der Waals surface area contributed by atoms with Crippen LogP contribution in [-0.2, 0) is 23.1 Å². The molecule has 7 heteroatoms. The molecule has 1 fully saturated rings. The van der Waals surface area contributed by atoms with E-state index in [-0.39, 0.29) is 11.8 Å². The number of aliphatic hydroxyl groups is 1. The van der Waals surface area contributed by atoms with Gasteiger partial charge in [0.2, 0.25) is 0 Å². The standard InChI is InChI=1S/C20H25N2O3S.Tl/c23-20(19-12-7-13-21-19)16-26(24,25)22(14-17-8-3-1-4-9-17)15-18-10-5-2-6-11-18;/h1-6,8-11,19-20,23H,7,12-16H2;/q-1;+1/t19-,20+;/m0./s1. The molecule has 0 bridgehead atoms. The van der Waals surface area contributed by atoms with Gasteiger partial charge >= 0.3 is 179 Å². The van der Waals surface area contributed by atoms with E-state index in [0.717, 1.165) is 30.5 Å². The molecule has 2 aromatic carbocycles. The molecule has 1 aliphatic heterocycles. The van der Waals surface area contributed by atoms with Crippen LogP contribution >= 0.6 is 0 Å². The van der Waals surface area contributed by atoms with E-state index in [9.17, 15) is 13.5 Å². The van der Waals surface area contributed by atoms with Crippen molar-refractivity contribution in [3.05, 3.63) is 71.8 Å². The summed E-state index contributed by atoms with van der Waals surface area (Å²) in [6.07, 6.45) is 1.08. The van der Waals surface area contributed by atoms with Crippen LogP contribution in [0.25, 0.3) is 0 Å². The summed E-state index contributed by atoms with van der Waals surface area (Å²) in [5, 5.41) is 10.6. The summed E-state index contributed by atoms with van der Waals surface area (Å²) in [6.45, 7) is 1.59. The number of aliphatic hydroxyl groups excluding tert-OH is 1. The van der Waals surface area contributed by atoms with Crippen LogP contribution in [0.1, 0.15) is 24.0 Å². The van der Waals surface area contributed by atoms with E-state index in [2.05, 4.69) is 2.71 Å². The minimum atomic E-state index is -3.60. The van der Waals surface area contributed by atoms with Crippen molar-refractivity contribution in [2.75, 3.05) is 12.3 Å². The second kappa shape index (κ2) is 9.60. The average molecular weight is 578 g/mol. The molecule has 0 amide bonds. The summed E-state index contributed by atoms with van der Waals surface area (Å²) in [6, 6.07) is 19.2. The molecule has 0 unspecified atom stereocenters. The zero-order chi connectivity index (χ0) is 19.3. The first kappa shape index (κ1) is 20.9. The Morgan fingerprint density at radius 2 is 1.56 bits per heavy atom. The van der Waals surface area contributed by atoms with Crippen molar-refractivity contribution in [1.29, 1.82) is 0 Å². The zero-order valence-electron chi connectivity index (χ0n) is 15.3. The summed E-state index contributed by atoms with van der Waals surface area (Å²) < 4.78 is 30.1. The van der Waals surface area contributed by atoms with Crippen molar-refractivity contribution in [3.63, 3.8) is 0 Å². The number of benzene rings is 2. The van der Waals surface area contributed by atoms with E-state index < -0.39 is 16.1 Å². The van der Waals surface area contributed by atoms with Crippen LogP contribution in [0.2, 0.25) is 0 Å². The quantitative estimate of drug-likeness (QED) is 0.488. The van der Waals surface area contributed by atoms with Crippen molar-refractivity contribution in [2.24, 2.45) is 0 Å². The first-order chi connectivity index (χ1) is 13.0. The van der Waals surface area contributed by atoms with E-state index in [4.69, 9.17) is 0 Å². The summed E-state index contributed by atoms with van der Waals surface area (Å²) in [7, 11) is -3.60. The summed E-state index contributed by atoms with van der Waals surface area (Å²) in [5.74, 6) is -0.222. The van der Waals surface area contributed by atoms with Crippen molar-refractivity contribution in [3.8, 4) is 0 Å². The summed E-state index contributed by atoms with van der Waals surface area (Å²) in [5.41, 5.74) is 1.89. The molecule has 0 saturated carbocycles. The molecule has 5 nitrogen and oxygen atoms in total. The Morgan fingerprint density at radius 1 is 1.04 bits per heavy atom. The molecule has 2 atom stereocenters. The third kappa shape index (κ3) is 5.83. The fourth-order valence-corrected chi connectivity index (χ4v) is 7.10. The molecule has 1 aliphatic rings. The van der Waals surface area contributed by atoms with Gasteiger partial charge in [0.1, 0.15) is 0 Å². The molecule has 142 valence electrons. The second-order valence-corrected chi connectivity index (χ2v) is 11.6. The average Bonchev–Trinajstić information content (AvgIpc) is 3.09. The van der Waals surface area contributed by atoms with Gasteiger partial charge in [-0.15, -0.1) is 0 Å². The van der Waals surface area contributed by atoms with Crippen LogP contribution in [0.3, 0.4) is 0 Å². The molecule has 2 aromatic rings. The van der Waals surface area contributed by atoms with Gasteiger partial charge < -0.3 is 0 Å². The van der Waals surface area contributed by atoms with Crippen LogP contribution in [0, 0.1) is 0 Å². The fourth-order valence-electron chi connectivity index (χ4n) is 3.49. The maximum absolute atomic E-state index is 13.2. The molecule has 1 saturated heterocycles. The van der Waals surface area contributed by atoms with Crippen LogP contribution in [0.4, 0.5) is 0 Å². The first-order valence-electron chi connectivity index (χ1n) is 9.21. The number of nitrogens with zero attached hydrogens (tertiary/aromatic N) is 2. The van der Waals surface area contributed by atoms with Gasteiger partial charge in [-0.25, -0.2) is 0 Å². The molecule has 3 rings (SSSR count). The van der Waals surface area contributed by atoms with E-state index in [0.29, 0.717) is 39.2 Å². The number of hydrogen-bond donors (Lipinski definition) is 1. The van der Waals surface area contributed by atoms with Crippen molar-refractivity contribution in [1.82, 2.24) is 7.01 Å². The molecule has 0 aromatic heterocycles. The molecule has 1 N–H and O–H groups in total. The number of hydrogen-bond acceptors (Lipinski definition) is 4. The van der Waals surface area contributed by atoms with Gasteiger partial charge in [0, 0.05) is 0 Å². The van der Waals surface area contributed by atoms with Gasteiger partial charge in [-0.2, -0.15) is 0 Å². The van der Waals surface area contributed by atoms with Crippen molar-refractivity contribution >= 4 is 36.1 Å². The van der Waals surface area contributed by atoms with Gasteiger partial charge in [0.05, 0.1) is 0 Å². The number of sulfonamides is 1. The number of rotatable bonds is 8. The molecule has 0 aliphatic carbocycles. The Kier molecular flexibility index (Phi) is 7.44. The van der Waals surface area contributed by atoms with E-state index in [1.807, 2.05) is 60.7 Å². The van der Waals surface area contributed by atoms with Gasteiger partial charge in [-0.05, 0) is 0 Å². The third-order valence-electron chi connectivity index (χ3n) is 4.96. The second-order valence-electron chi connectivity index (χ2n) is 7.03. The van der Waals surface area contributed by atoms with Crippen LogP contribution in [0.15, 0.2) is 60.7 Å². The molecular weight excluding hydrogens is 553 g/mol. The Labute approximate surface area is 178 Å². The van der Waals surface area contributed by atoms with Crippen LogP contribution < -0.4 is 0 Å². The minimum absolute atomic E-state index is 0.0138. The Bertz CT molecular complexity index is 776.